The smallest absolute Gasteiger partial charge is 0.264 e. The first-order valence-electron chi connectivity index (χ1n) is 8.21. The van der Waals surface area contributed by atoms with Crippen molar-refractivity contribution in [3.63, 3.8) is 0 Å². The second-order valence-electron chi connectivity index (χ2n) is 6.31. The summed E-state index contributed by atoms with van der Waals surface area (Å²) in [7, 11) is 0. The number of amides is 2. The Morgan fingerprint density at radius 1 is 1.41 bits per heavy atom. The maximum atomic E-state index is 12.6. The van der Waals surface area contributed by atoms with Gasteiger partial charge in [-0.05, 0) is 49.5 Å². The molecule has 1 aliphatic rings. The van der Waals surface area contributed by atoms with Gasteiger partial charge in [0.2, 0.25) is 5.91 Å². The molecule has 1 fully saturated rings. The first kappa shape index (κ1) is 17.0. The second kappa shape index (κ2) is 8.32. The number of rotatable bonds is 6. The monoisotopic (exact) mass is 322 g/mol. The van der Waals surface area contributed by atoms with Crippen molar-refractivity contribution in [2.75, 3.05) is 13.1 Å². The first-order valence-corrected chi connectivity index (χ1v) is 9.09. The van der Waals surface area contributed by atoms with Crippen molar-refractivity contribution >= 4 is 23.2 Å². The molecule has 22 heavy (non-hydrogen) atoms. The number of nitrogens with zero attached hydrogens (tertiary/aromatic N) is 1. The van der Waals surface area contributed by atoms with E-state index in [1.807, 2.05) is 17.5 Å². The molecule has 0 aliphatic carbocycles. The number of piperidine rings is 1. The van der Waals surface area contributed by atoms with Crippen molar-refractivity contribution in [1.82, 2.24) is 10.2 Å². The molecule has 0 saturated carbocycles. The molecule has 4 nitrogen and oxygen atoms in total. The van der Waals surface area contributed by atoms with Gasteiger partial charge in [-0.25, -0.2) is 0 Å². The zero-order valence-corrected chi connectivity index (χ0v) is 14.3. The second-order valence-corrected chi connectivity index (χ2v) is 7.26. The van der Waals surface area contributed by atoms with Gasteiger partial charge >= 0.3 is 0 Å². The minimum Gasteiger partial charge on any atom is -0.354 e. The molecule has 1 saturated heterocycles. The van der Waals surface area contributed by atoms with E-state index in [0.717, 1.165) is 37.0 Å². The summed E-state index contributed by atoms with van der Waals surface area (Å²) in [6.45, 7) is 5.75. The van der Waals surface area contributed by atoms with Crippen molar-refractivity contribution in [2.45, 2.75) is 52.0 Å². The Kier molecular flexibility index (Phi) is 6.43. The molecule has 0 aromatic carbocycles. The lowest BCUT2D eigenvalue weighted by Gasteiger charge is -2.34. The first-order chi connectivity index (χ1) is 10.6. The largest absolute Gasteiger partial charge is 0.354 e. The lowest BCUT2D eigenvalue weighted by atomic mass is 10.0. The van der Waals surface area contributed by atoms with Crippen LogP contribution in [0.4, 0.5) is 0 Å². The third-order valence-corrected chi connectivity index (χ3v) is 4.91. The number of thiophene rings is 1. The number of carbonyl (C=O) groups is 2. The Balaban J connectivity index is 1.91. The highest BCUT2D eigenvalue weighted by Gasteiger charge is 2.32. The average molecular weight is 322 g/mol. The maximum Gasteiger partial charge on any atom is 0.264 e. The Morgan fingerprint density at radius 2 is 2.23 bits per heavy atom. The van der Waals surface area contributed by atoms with E-state index >= 15 is 0 Å². The molecule has 2 rings (SSSR count). The van der Waals surface area contributed by atoms with Crippen LogP contribution in [0.3, 0.4) is 0 Å². The molecule has 122 valence electrons. The standard InChI is InChI=1S/C17H26N2O2S/c1-13(2)7-5-10-18-16(20)14-8-3-4-11-19(14)17(21)15-9-6-12-22-15/h6,9,12-14H,3-5,7-8,10-11H2,1-2H3,(H,18,20). The van der Waals surface area contributed by atoms with Crippen LogP contribution in [0.25, 0.3) is 0 Å². The minimum absolute atomic E-state index is 0.00275. The molecule has 1 aliphatic heterocycles. The maximum absolute atomic E-state index is 12.6. The summed E-state index contributed by atoms with van der Waals surface area (Å²) in [6, 6.07) is 3.41. The summed E-state index contributed by atoms with van der Waals surface area (Å²) < 4.78 is 0. The van der Waals surface area contributed by atoms with Gasteiger partial charge in [0.15, 0.2) is 0 Å². The molecule has 2 amide bonds. The van der Waals surface area contributed by atoms with Gasteiger partial charge < -0.3 is 10.2 Å². The molecule has 1 aromatic heterocycles. The molecule has 0 radical (unpaired) electrons. The lowest BCUT2D eigenvalue weighted by molar-refractivity contribution is -0.126. The topological polar surface area (TPSA) is 49.4 Å². The van der Waals surface area contributed by atoms with Crippen molar-refractivity contribution < 1.29 is 9.59 Å². The van der Waals surface area contributed by atoms with E-state index in [2.05, 4.69) is 19.2 Å². The fraction of sp³-hybridized carbons (Fsp3) is 0.647. The molecule has 2 heterocycles. The molecule has 0 spiro atoms. The van der Waals surface area contributed by atoms with E-state index in [9.17, 15) is 9.59 Å². The van der Waals surface area contributed by atoms with E-state index in [-0.39, 0.29) is 17.9 Å². The van der Waals surface area contributed by atoms with Crippen LogP contribution in [0.15, 0.2) is 17.5 Å². The highest BCUT2D eigenvalue weighted by Crippen LogP contribution is 2.21. The van der Waals surface area contributed by atoms with Crippen molar-refractivity contribution in [1.29, 1.82) is 0 Å². The lowest BCUT2D eigenvalue weighted by Crippen LogP contribution is -2.51. The van der Waals surface area contributed by atoms with E-state index in [1.54, 1.807) is 4.90 Å². The van der Waals surface area contributed by atoms with Crippen LogP contribution < -0.4 is 5.32 Å². The molecular weight excluding hydrogens is 296 g/mol. The van der Waals surface area contributed by atoms with E-state index in [1.165, 1.54) is 11.3 Å². The van der Waals surface area contributed by atoms with Gasteiger partial charge in [0, 0.05) is 13.1 Å². The number of likely N-dealkylation sites (tertiary alicyclic amines) is 1. The van der Waals surface area contributed by atoms with Gasteiger partial charge in [-0.1, -0.05) is 19.9 Å². The summed E-state index contributed by atoms with van der Waals surface area (Å²) >= 11 is 1.44. The predicted octanol–water partition coefficient (Wildman–Crippen LogP) is 3.30. The van der Waals surface area contributed by atoms with Crippen LogP contribution in [-0.4, -0.2) is 35.8 Å². The van der Waals surface area contributed by atoms with Gasteiger partial charge in [0.1, 0.15) is 6.04 Å². The fourth-order valence-corrected chi connectivity index (χ4v) is 3.51. The van der Waals surface area contributed by atoms with Gasteiger partial charge in [0.05, 0.1) is 4.88 Å². The summed E-state index contributed by atoms with van der Waals surface area (Å²) in [5.41, 5.74) is 0. The Hall–Kier alpha value is -1.36. The molecule has 5 heteroatoms. The van der Waals surface area contributed by atoms with E-state index in [0.29, 0.717) is 19.0 Å². The minimum atomic E-state index is -0.303. The number of hydrogen-bond donors (Lipinski definition) is 1. The molecule has 1 unspecified atom stereocenters. The van der Waals surface area contributed by atoms with Crippen LogP contribution >= 0.6 is 11.3 Å². The highest BCUT2D eigenvalue weighted by molar-refractivity contribution is 7.12. The molecule has 1 N–H and O–H groups in total. The Bertz CT molecular complexity index is 485. The summed E-state index contributed by atoms with van der Waals surface area (Å²) in [6.07, 6.45) is 4.87. The molecule has 1 aromatic rings. The van der Waals surface area contributed by atoms with Crippen LogP contribution in [0.5, 0.6) is 0 Å². The predicted molar refractivity (Wildman–Crippen MR) is 90.1 cm³/mol. The Morgan fingerprint density at radius 3 is 2.91 bits per heavy atom. The third-order valence-electron chi connectivity index (χ3n) is 4.06. The zero-order valence-electron chi connectivity index (χ0n) is 13.5. The third kappa shape index (κ3) is 4.57. The quantitative estimate of drug-likeness (QED) is 0.817. The fourth-order valence-electron chi connectivity index (χ4n) is 2.83. The van der Waals surface area contributed by atoms with Crippen molar-refractivity contribution in [3.8, 4) is 0 Å². The number of nitrogens with one attached hydrogen (secondary N) is 1. The van der Waals surface area contributed by atoms with E-state index in [4.69, 9.17) is 0 Å². The molecular formula is C17H26N2O2S. The highest BCUT2D eigenvalue weighted by atomic mass is 32.1. The summed E-state index contributed by atoms with van der Waals surface area (Å²) in [5.74, 6) is 0.661. The van der Waals surface area contributed by atoms with Crippen LogP contribution in [0.2, 0.25) is 0 Å². The van der Waals surface area contributed by atoms with Crippen molar-refractivity contribution in [3.05, 3.63) is 22.4 Å². The van der Waals surface area contributed by atoms with Crippen LogP contribution in [0.1, 0.15) is 55.6 Å². The van der Waals surface area contributed by atoms with Crippen LogP contribution in [0, 0.1) is 5.92 Å². The molecule has 1 atom stereocenters. The molecule has 0 bridgehead atoms. The van der Waals surface area contributed by atoms with E-state index < -0.39 is 0 Å². The number of hydrogen-bond acceptors (Lipinski definition) is 3. The summed E-state index contributed by atoms with van der Waals surface area (Å²) in [4.78, 5) is 27.5. The van der Waals surface area contributed by atoms with Crippen molar-refractivity contribution in [2.24, 2.45) is 5.92 Å². The average Bonchev–Trinajstić information content (AvgIpc) is 3.05. The zero-order chi connectivity index (χ0) is 15.9. The van der Waals surface area contributed by atoms with Gasteiger partial charge in [-0.15, -0.1) is 11.3 Å². The van der Waals surface area contributed by atoms with Gasteiger partial charge in [0.25, 0.3) is 5.91 Å². The SMILES string of the molecule is CC(C)CCCNC(=O)C1CCCCN1C(=O)c1cccs1. The Labute approximate surface area is 136 Å². The summed E-state index contributed by atoms with van der Waals surface area (Å²) in [5, 5.41) is 4.91. The van der Waals surface area contributed by atoms with Gasteiger partial charge in [-0.2, -0.15) is 0 Å². The number of carbonyl (C=O) groups excluding carboxylic acids is 2. The van der Waals surface area contributed by atoms with Gasteiger partial charge in [-0.3, -0.25) is 9.59 Å². The normalized spacial score (nSPS) is 18.5. The van der Waals surface area contributed by atoms with Crippen LogP contribution in [-0.2, 0) is 4.79 Å².